The number of nitrogens with one attached hydrogen (secondary N) is 1. The van der Waals surface area contributed by atoms with Gasteiger partial charge in [-0.3, -0.25) is 9.78 Å². The van der Waals surface area contributed by atoms with Crippen molar-refractivity contribution in [3.63, 3.8) is 0 Å². The van der Waals surface area contributed by atoms with E-state index >= 15 is 0 Å². The van der Waals surface area contributed by atoms with Crippen LogP contribution in [0.5, 0.6) is 0 Å². The van der Waals surface area contributed by atoms with Crippen LogP contribution in [0.1, 0.15) is 46.9 Å². The lowest BCUT2D eigenvalue weighted by molar-refractivity contribution is 0.0946. The van der Waals surface area contributed by atoms with E-state index in [4.69, 9.17) is 0 Å². The molecule has 0 aliphatic rings. The van der Waals surface area contributed by atoms with Crippen LogP contribution in [0.25, 0.3) is 16.9 Å². The molecule has 0 aliphatic heterocycles. The van der Waals surface area contributed by atoms with Crippen molar-refractivity contribution < 1.29 is 4.79 Å². The first-order valence-electron chi connectivity index (χ1n) is 10.3. The number of aryl methyl sites for hydroxylation is 1. The minimum Gasteiger partial charge on any atom is -0.346 e. The van der Waals surface area contributed by atoms with Crippen LogP contribution >= 0.6 is 0 Å². The van der Waals surface area contributed by atoms with E-state index in [0.29, 0.717) is 18.2 Å². The number of rotatable bonds is 6. The fourth-order valence-electron chi connectivity index (χ4n) is 3.35. The predicted molar refractivity (Wildman–Crippen MR) is 121 cm³/mol. The molecule has 6 heteroatoms. The fourth-order valence-corrected chi connectivity index (χ4v) is 3.35. The molecule has 0 unspecified atom stereocenters. The van der Waals surface area contributed by atoms with Crippen LogP contribution < -0.4 is 5.32 Å². The summed E-state index contributed by atoms with van der Waals surface area (Å²) in [4.78, 5) is 17.2. The van der Waals surface area contributed by atoms with Gasteiger partial charge < -0.3 is 5.32 Å². The van der Waals surface area contributed by atoms with Gasteiger partial charge in [-0.05, 0) is 48.2 Å². The molecule has 2 heterocycles. The van der Waals surface area contributed by atoms with E-state index in [1.54, 1.807) is 17.1 Å². The zero-order valence-corrected chi connectivity index (χ0v) is 17.9. The second kappa shape index (κ2) is 8.92. The maximum absolute atomic E-state index is 13.0. The molecule has 0 aliphatic carbocycles. The monoisotopic (exact) mass is 411 g/mol. The van der Waals surface area contributed by atoms with Gasteiger partial charge in [0.05, 0.1) is 5.69 Å². The Morgan fingerprint density at radius 2 is 1.77 bits per heavy atom. The highest BCUT2D eigenvalue weighted by Gasteiger charge is 2.22. The average Bonchev–Trinajstić information content (AvgIpc) is 3.24. The molecular weight excluding hydrogens is 386 g/mol. The summed E-state index contributed by atoms with van der Waals surface area (Å²) in [6, 6.07) is 19.9. The zero-order valence-electron chi connectivity index (χ0n) is 17.9. The van der Waals surface area contributed by atoms with Crippen LogP contribution in [-0.4, -0.2) is 25.9 Å². The van der Waals surface area contributed by atoms with Crippen molar-refractivity contribution in [2.24, 2.45) is 0 Å². The van der Waals surface area contributed by atoms with Gasteiger partial charge in [0.15, 0.2) is 5.69 Å². The minimum absolute atomic E-state index is 0.271. The van der Waals surface area contributed by atoms with E-state index in [1.165, 1.54) is 5.56 Å². The SMILES string of the molecule is Cc1ccc(-n2nnc(C(=O)NCc3ccc(C(C)C)cc3)c2-c2cccnc2)cc1. The third-order valence-corrected chi connectivity index (χ3v) is 5.20. The van der Waals surface area contributed by atoms with E-state index in [1.807, 2.05) is 55.5 Å². The van der Waals surface area contributed by atoms with Gasteiger partial charge in [-0.15, -0.1) is 5.10 Å². The first-order valence-corrected chi connectivity index (χ1v) is 10.3. The van der Waals surface area contributed by atoms with Crippen molar-refractivity contribution in [3.05, 3.63) is 95.4 Å². The van der Waals surface area contributed by atoms with Crippen molar-refractivity contribution in [1.29, 1.82) is 0 Å². The summed E-state index contributed by atoms with van der Waals surface area (Å²) >= 11 is 0. The Labute approximate surface area is 182 Å². The molecule has 0 fully saturated rings. The molecule has 0 spiro atoms. The molecule has 4 rings (SSSR count). The van der Waals surface area contributed by atoms with E-state index in [-0.39, 0.29) is 11.6 Å². The van der Waals surface area contributed by atoms with Crippen LogP contribution in [0.15, 0.2) is 73.1 Å². The molecule has 2 aromatic carbocycles. The quantitative estimate of drug-likeness (QED) is 0.499. The summed E-state index contributed by atoms with van der Waals surface area (Å²) in [6.45, 7) is 6.77. The molecule has 4 aromatic rings. The third kappa shape index (κ3) is 4.53. The zero-order chi connectivity index (χ0) is 21.8. The number of carbonyl (C=O) groups is 1. The Hall–Kier alpha value is -3.80. The minimum atomic E-state index is -0.273. The predicted octanol–water partition coefficient (Wildman–Crippen LogP) is 4.69. The molecule has 0 atom stereocenters. The number of aromatic nitrogens is 4. The second-order valence-corrected chi connectivity index (χ2v) is 7.85. The Morgan fingerprint density at radius 1 is 1.03 bits per heavy atom. The lowest BCUT2D eigenvalue weighted by Gasteiger charge is -2.10. The number of nitrogens with zero attached hydrogens (tertiary/aromatic N) is 4. The number of benzene rings is 2. The van der Waals surface area contributed by atoms with Gasteiger partial charge in [-0.25, -0.2) is 4.68 Å². The van der Waals surface area contributed by atoms with E-state index in [9.17, 15) is 4.79 Å². The number of pyridine rings is 1. The lowest BCUT2D eigenvalue weighted by atomic mass is 10.0. The Morgan fingerprint density at radius 3 is 2.42 bits per heavy atom. The van der Waals surface area contributed by atoms with Crippen molar-refractivity contribution >= 4 is 5.91 Å². The molecule has 0 saturated carbocycles. The Kier molecular flexibility index (Phi) is 5.89. The highest BCUT2D eigenvalue weighted by Crippen LogP contribution is 2.25. The van der Waals surface area contributed by atoms with Gasteiger partial charge >= 0.3 is 0 Å². The van der Waals surface area contributed by atoms with Crippen molar-refractivity contribution in [1.82, 2.24) is 25.3 Å². The Bertz CT molecular complexity index is 1160. The topological polar surface area (TPSA) is 72.7 Å². The number of carbonyl (C=O) groups excluding carboxylic acids is 1. The summed E-state index contributed by atoms with van der Waals surface area (Å²) < 4.78 is 1.68. The van der Waals surface area contributed by atoms with Gasteiger partial charge in [0.1, 0.15) is 5.69 Å². The van der Waals surface area contributed by atoms with Crippen LogP contribution in [0.3, 0.4) is 0 Å². The molecule has 0 radical (unpaired) electrons. The standard InChI is InChI=1S/C25H25N5O/c1-17(2)20-10-8-19(9-11-20)15-27-25(31)23-24(21-5-4-14-26-16-21)30(29-28-23)22-12-6-18(3)7-13-22/h4-14,16-17H,15H2,1-3H3,(H,27,31). The van der Waals surface area contributed by atoms with Gasteiger partial charge in [0.25, 0.3) is 5.91 Å². The number of hydrogen-bond donors (Lipinski definition) is 1. The van der Waals surface area contributed by atoms with E-state index in [2.05, 4.69) is 46.6 Å². The lowest BCUT2D eigenvalue weighted by Crippen LogP contribution is -2.24. The summed E-state index contributed by atoms with van der Waals surface area (Å²) in [6.07, 6.45) is 3.41. The van der Waals surface area contributed by atoms with Crippen molar-refractivity contribution in [2.45, 2.75) is 33.2 Å². The smallest absolute Gasteiger partial charge is 0.274 e. The maximum atomic E-state index is 13.0. The largest absolute Gasteiger partial charge is 0.346 e. The van der Waals surface area contributed by atoms with Gasteiger partial charge in [-0.1, -0.05) is 61.0 Å². The highest BCUT2D eigenvalue weighted by atomic mass is 16.2. The highest BCUT2D eigenvalue weighted by molar-refractivity contribution is 5.98. The molecule has 2 aromatic heterocycles. The molecule has 1 N–H and O–H groups in total. The van der Waals surface area contributed by atoms with Crippen LogP contribution in [0.4, 0.5) is 0 Å². The molecule has 0 saturated heterocycles. The van der Waals surface area contributed by atoms with Crippen LogP contribution in [0, 0.1) is 6.92 Å². The summed E-state index contributed by atoms with van der Waals surface area (Å²) in [7, 11) is 0. The third-order valence-electron chi connectivity index (χ3n) is 5.20. The maximum Gasteiger partial charge on any atom is 0.274 e. The molecular formula is C25H25N5O. The number of hydrogen-bond acceptors (Lipinski definition) is 4. The van der Waals surface area contributed by atoms with Gasteiger partial charge in [-0.2, -0.15) is 0 Å². The van der Waals surface area contributed by atoms with Crippen molar-refractivity contribution in [2.75, 3.05) is 0 Å². The fraction of sp³-hybridized carbons (Fsp3) is 0.200. The van der Waals surface area contributed by atoms with Crippen LogP contribution in [-0.2, 0) is 6.54 Å². The molecule has 31 heavy (non-hydrogen) atoms. The number of amides is 1. The van der Waals surface area contributed by atoms with Crippen molar-refractivity contribution in [3.8, 4) is 16.9 Å². The molecule has 156 valence electrons. The normalized spacial score (nSPS) is 11.0. The van der Waals surface area contributed by atoms with E-state index < -0.39 is 0 Å². The van der Waals surface area contributed by atoms with Gasteiger partial charge in [0.2, 0.25) is 0 Å². The van der Waals surface area contributed by atoms with Gasteiger partial charge in [0, 0.05) is 24.5 Å². The molecule has 1 amide bonds. The second-order valence-electron chi connectivity index (χ2n) is 7.85. The molecule has 6 nitrogen and oxygen atoms in total. The summed E-state index contributed by atoms with van der Waals surface area (Å²) in [5.41, 5.74) is 5.95. The molecule has 0 bridgehead atoms. The van der Waals surface area contributed by atoms with Crippen LogP contribution in [0.2, 0.25) is 0 Å². The summed E-state index contributed by atoms with van der Waals surface area (Å²) in [5.74, 6) is 0.202. The first-order chi connectivity index (χ1) is 15.0. The summed E-state index contributed by atoms with van der Waals surface area (Å²) in [5, 5.41) is 11.5. The Balaban J connectivity index is 1.63. The van der Waals surface area contributed by atoms with E-state index in [0.717, 1.165) is 22.4 Å². The first kappa shape index (κ1) is 20.5. The average molecular weight is 412 g/mol.